The van der Waals surface area contributed by atoms with Gasteiger partial charge < -0.3 is 4.52 Å². The van der Waals surface area contributed by atoms with Crippen molar-refractivity contribution in [1.82, 2.24) is 15.1 Å². The van der Waals surface area contributed by atoms with Crippen LogP contribution in [0.5, 0.6) is 0 Å². The smallest absolute Gasteiger partial charge is 0.238 e. The number of carbonyl (C=O) groups is 1. The fourth-order valence-electron chi connectivity index (χ4n) is 1.67. The zero-order valence-electron chi connectivity index (χ0n) is 9.17. The topological polar surface area (TPSA) is 68.9 Å². The summed E-state index contributed by atoms with van der Waals surface area (Å²) >= 11 is 4.90. The molecule has 0 spiro atoms. The monoisotopic (exact) mass is 325 g/mol. The summed E-state index contributed by atoms with van der Waals surface area (Å²) in [5.41, 5.74) is 0.631. The second-order valence-electron chi connectivity index (χ2n) is 3.85. The zero-order chi connectivity index (χ0) is 12.5. The third-order valence-corrected chi connectivity index (χ3v) is 4.14. The number of halogens is 1. The molecule has 0 N–H and O–H groups in total. The molecule has 0 aliphatic carbocycles. The SMILES string of the molecule is O=C1CSCC1c1nc(-c2ccc(Br)cn2)no1. The van der Waals surface area contributed by atoms with E-state index >= 15 is 0 Å². The summed E-state index contributed by atoms with van der Waals surface area (Å²) in [7, 11) is 0. The van der Waals surface area contributed by atoms with Gasteiger partial charge in [-0.05, 0) is 28.1 Å². The van der Waals surface area contributed by atoms with Gasteiger partial charge in [0.25, 0.3) is 0 Å². The van der Waals surface area contributed by atoms with Crippen molar-refractivity contribution >= 4 is 33.5 Å². The predicted octanol–water partition coefficient (Wildman–Crippen LogP) is 2.29. The van der Waals surface area contributed by atoms with Gasteiger partial charge >= 0.3 is 0 Å². The van der Waals surface area contributed by atoms with Crippen LogP contribution in [0, 0.1) is 0 Å². The van der Waals surface area contributed by atoms with Gasteiger partial charge in [-0.1, -0.05) is 5.16 Å². The van der Waals surface area contributed by atoms with Crippen molar-refractivity contribution in [2.75, 3.05) is 11.5 Å². The minimum atomic E-state index is -0.258. The fourth-order valence-corrected chi connectivity index (χ4v) is 2.99. The molecule has 5 nitrogen and oxygen atoms in total. The second kappa shape index (κ2) is 4.81. The number of aromatic nitrogens is 3. The van der Waals surface area contributed by atoms with Gasteiger partial charge in [0, 0.05) is 16.4 Å². The molecule has 1 atom stereocenters. The molecule has 1 unspecified atom stereocenters. The standard InChI is InChI=1S/C11H8BrN3O2S/c12-6-1-2-8(13-3-6)10-14-11(17-15-10)7-4-18-5-9(7)16/h1-3,7H,4-5H2. The fraction of sp³-hybridized carbons (Fsp3) is 0.273. The molecule has 7 heteroatoms. The highest BCUT2D eigenvalue weighted by Gasteiger charge is 2.31. The molecule has 0 saturated carbocycles. The van der Waals surface area contributed by atoms with Crippen molar-refractivity contribution in [3.63, 3.8) is 0 Å². The molecular weight excluding hydrogens is 318 g/mol. The number of pyridine rings is 1. The van der Waals surface area contributed by atoms with E-state index in [-0.39, 0.29) is 11.7 Å². The lowest BCUT2D eigenvalue weighted by Gasteiger charge is -1.97. The summed E-state index contributed by atoms with van der Waals surface area (Å²) in [5, 5.41) is 3.87. The molecule has 2 aromatic heterocycles. The van der Waals surface area contributed by atoms with E-state index in [9.17, 15) is 4.79 Å². The largest absolute Gasteiger partial charge is 0.338 e. The Labute approximate surface area is 115 Å². The average molecular weight is 326 g/mol. The Morgan fingerprint density at radius 3 is 3.00 bits per heavy atom. The Morgan fingerprint density at radius 1 is 1.44 bits per heavy atom. The molecule has 92 valence electrons. The van der Waals surface area contributed by atoms with E-state index in [1.165, 1.54) is 0 Å². The molecular formula is C11H8BrN3O2S. The summed E-state index contributed by atoms with van der Waals surface area (Å²) in [6.45, 7) is 0. The molecule has 0 amide bonds. The third kappa shape index (κ3) is 2.20. The van der Waals surface area contributed by atoms with Gasteiger partial charge in [0.15, 0.2) is 5.78 Å². The molecule has 0 aromatic carbocycles. The summed E-state index contributed by atoms with van der Waals surface area (Å²) in [6, 6.07) is 3.65. The molecule has 1 fully saturated rings. The lowest BCUT2D eigenvalue weighted by atomic mass is 10.1. The van der Waals surface area contributed by atoms with Crippen LogP contribution in [0.3, 0.4) is 0 Å². The highest BCUT2D eigenvalue weighted by atomic mass is 79.9. The van der Waals surface area contributed by atoms with E-state index in [0.29, 0.717) is 28.9 Å². The van der Waals surface area contributed by atoms with Crippen molar-refractivity contribution in [2.45, 2.75) is 5.92 Å². The van der Waals surface area contributed by atoms with Gasteiger partial charge in [-0.3, -0.25) is 9.78 Å². The molecule has 0 bridgehead atoms. The molecule has 1 aliphatic rings. The Hall–Kier alpha value is -1.21. The van der Waals surface area contributed by atoms with E-state index in [4.69, 9.17) is 4.52 Å². The third-order valence-electron chi connectivity index (χ3n) is 2.61. The number of hydrogen-bond acceptors (Lipinski definition) is 6. The normalized spacial score (nSPS) is 19.4. The molecule has 3 heterocycles. The van der Waals surface area contributed by atoms with Crippen molar-refractivity contribution in [1.29, 1.82) is 0 Å². The van der Waals surface area contributed by atoms with E-state index in [1.54, 1.807) is 24.0 Å². The van der Waals surface area contributed by atoms with Crippen LogP contribution in [0.4, 0.5) is 0 Å². The summed E-state index contributed by atoms with van der Waals surface area (Å²) in [6.07, 6.45) is 1.67. The van der Waals surface area contributed by atoms with Gasteiger partial charge in [-0.25, -0.2) is 0 Å². The lowest BCUT2D eigenvalue weighted by molar-refractivity contribution is -0.117. The van der Waals surface area contributed by atoms with Gasteiger partial charge in [-0.2, -0.15) is 16.7 Å². The molecule has 2 aromatic rings. The van der Waals surface area contributed by atoms with E-state index in [1.807, 2.05) is 6.07 Å². The van der Waals surface area contributed by atoms with Crippen molar-refractivity contribution in [3.05, 3.63) is 28.7 Å². The Bertz CT molecular complexity index is 584. The van der Waals surface area contributed by atoms with Gasteiger partial charge in [0.05, 0.1) is 5.75 Å². The molecule has 1 aliphatic heterocycles. The first kappa shape index (κ1) is 11.9. The Morgan fingerprint density at radius 2 is 2.33 bits per heavy atom. The number of carbonyl (C=O) groups excluding carboxylic acids is 1. The first-order valence-electron chi connectivity index (χ1n) is 5.30. The van der Waals surface area contributed by atoms with Crippen LogP contribution in [0.1, 0.15) is 11.8 Å². The maximum Gasteiger partial charge on any atom is 0.238 e. The summed E-state index contributed by atoms with van der Waals surface area (Å²) in [4.78, 5) is 20.0. The van der Waals surface area contributed by atoms with Crippen LogP contribution in [-0.2, 0) is 4.79 Å². The van der Waals surface area contributed by atoms with E-state index in [2.05, 4.69) is 31.1 Å². The quantitative estimate of drug-likeness (QED) is 0.843. The van der Waals surface area contributed by atoms with Crippen LogP contribution in [-0.4, -0.2) is 32.4 Å². The number of rotatable bonds is 2. The van der Waals surface area contributed by atoms with Crippen LogP contribution >= 0.6 is 27.7 Å². The minimum absolute atomic E-state index is 0.152. The van der Waals surface area contributed by atoms with E-state index in [0.717, 1.165) is 4.47 Å². The zero-order valence-corrected chi connectivity index (χ0v) is 11.6. The molecule has 0 radical (unpaired) electrons. The number of ketones is 1. The molecule has 3 rings (SSSR count). The number of thioether (sulfide) groups is 1. The van der Waals surface area contributed by atoms with Gasteiger partial charge in [-0.15, -0.1) is 0 Å². The van der Waals surface area contributed by atoms with Gasteiger partial charge in [0.2, 0.25) is 11.7 Å². The highest BCUT2D eigenvalue weighted by Crippen LogP contribution is 2.29. The summed E-state index contributed by atoms with van der Waals surface area (Å²) < 4.78 is 6.04. The number of nitrogens with zero attached hydrogens (tertiary/aromatic N) is 3. The Kier molecular flexibility index (Phi) is 3.17. The lowest BCUT2D eigenvalue weighted by Crippen LogP contribution is -2.09. The predicted molar refractivity (Wildman–Crippen MR) is 70.3 cm³/mol. The molecule has 1 saturated heterocycles. The minimum Gasteiger partial charge on any atom is -0.338 e. The van der Waals surface area contributed by atoms with Crippen LogP contribution in [0.25, 0.3) is 11.5 Å². The maximum atomic E-state index is 11.6. The van der Waals surface area contributed by atoms with Crippen molar-refractivity contribution < 1.29 is 9.32 Å². The van der Waals surface area contributed by atoms with Crippen molar-refractivity contribution in [3.8, 4) is 11.5 Å². The van der Waals surface area contributed by atoms with E-state index < -0.39 is 0 Å². The first-order chi connectivity index (χ1) is 8.74. The average Bonchev–Trinajstić information content (AvgIpc) is 2.98. The number of Topliss-reactive ketones (excluding diaryl/α,β-unsaturated/α-hetero) is 1. The van der Waals surface area contributed by atoms with Crippen LogP contribution in [0.15, 0.2) is 27.3 Å². The maximum absolute atomic E-state index is 11.6. The second-order valence-corrected chi connectivity index (χ2v) is 5.80. The first-order valence-corrected chi connectivity index (χ1v) is 7.25. The van der Waals surface area contributed by atoms with Crippen LogP contribution < -0.4 is 0 Å². The summed E-state index contributed by atoms with van der Waals surface area (Å²) in [5.74, 6) is 1.95. The van der Waals surface area contributed by atoms with Crippen molar-refractivity contribution in [2.24, 2.45) is 0 Å². The van der Waals surface area contributed by atoms with Gasteiger partial charge in [0.1, 0.15) is 11.6 Å². The Balaban J connectivity index is 1.89. The van der Waals surface area contributed by atoms with Crippen LogP contribution in [0.2, 0.25) is 0 Å². The molecule has 18 heavy (non-hydrogen) atoms. The highest BCUT2D eigenvalue weighted by molar-refractivity contribution is 9.10. The number of hydrogen-bond donors (Lipinski definition) is 0.